The maximum Gasteiger partial charge on any atom is 0.0473 e. The quantitative estimate of drug-likeness (QED) is 0.785. The highest BCUT2D eigenvalue weighted by Gasteiger charge is 2.46. The second kappa shape index (κ2) is 5.48. The summed E-state index contributed by atoms with van der Waals surface area (Å²) in [6, 6.07) is 1.47. The lowest BCUT2D eigenvalue weighted by Crippen LogP contribution is -2.59. The van der Waals surface area contributed by atoms with Crippen molar-refractivity contribution in [3.05, 3.63) is 0 Å². The Hall–Kier alpha value is -0.120. The van der Waals surface area contributed by atoms with Crippen LogP contribution in [0.1, 0.15) is 47.0 Å². The van der Waals surface area contributed by atoms with Gasteiger partial charge in [-0.2, -0.15) is 0 Å². The fourth-order valence-electron chi connectivity index (χ4n) is 3.50. The molecule has 106 valence electrons. The second-order valence-corrected chi connectivity index (χ2v) is 7.02. The van der Waals surface area contributed by atoms with Crippen molar-refractivity contribution in [1.82, 2.24) is 9.80 Å². The van der Waals surface area contributed by atoms with E-state index in [4.69, 9.17) is 5.73 Å². The SMILES string of the molecule is CC(C)CN(C(C)C)C1(CN)CCN(C2CC2)C1. The monoisotopic (exact) mass is 253 g/mol. The Balaban J connectivity index is 2.08. The van der Waals surface area contributed by atoms with Crippen molar-refractivity contribution in [3.63, 3.8) is 0 Å². The molecule has 0 aromatic rings. The van der Waals surface area contributed by atoms with Crippen LogP contribution in [0.15, 0.2) is 0 Å². The largest absolute Gasteiger partial charge is 0.329 e. The van der Waals surface area contributed by atoms with E-state index in [9.17, 15) is 0 Å². The minimum atomic E-state index is 0.237. The average molecular weight is 253 g/mol. The zero-order chi connectivity index (χ0) is 13.3. The molecule has 1 atom stereocenters. The molecule has 3 nitrogen and oxygen atoms in total. The Morgan fingerprint density at radius 3 is 2.39 bits per heavy atom. The summed E-state index contributed by atoms with van der Waals surface area (Å²) < 4.78 is 0. The Morgan fingerprint density at radius 2 is 1.94 bits per heavy atom. The summed E-state index contributed by atoms with van der Waals surface area (Å²) in [6.07, 6.45) is 4.07. The van der Waals surface area contributed by atoms with Crippen molar-refractivity contribution in [2.24, 2.45) is 11.7 Å². The predicted octanol–water partition coefficient (Wildman–Crippen LogP) is 1.92. The lowest BCUT2D eigenvalue weighted by Gasteiger charge is -2.44. The minimum absolute atomic E-state index is 0.237. The predicted molar refractivity (Wildman–Crippen MR) is 77.7 cm³/mol. The van der Waals surface area contributed by atoms with Crippen LogP contribution in [0.2, 0.25) is 0 Å². The van der Waals surface area contributed by atoms with Gasteiger partial charge in [0, 0.05) is 43.8 Å². The molecule has 0 bridgehead atoms. The van der Waals surface area contributed by atoms with Gasteiger partial charge < -0.3 is 5.73 Å². The van der Waals surface area contributed by atoms with Crippen LogP contribution < -0.4 is 5.73 Å². The van der Waals surface area contributed by atoms with Crippen LogP contribution in [0.4, 0.5) is 0 Å². The molecule has 0 aromatic carbocycles. The molecule has 0 radical (unpaired) electrons. The highest BCUT2D eigenvalue weighted by atomic mass is 15.3. The maximum absolute atomic E-state index is 6.20. The van der Waals surface area contributed by atoms with Gasteiger partial charge in [0.25, 0.3) is 0 Å². The average Bonchev–Trinajstić information content (AvgIpc) is 3.06. The Kier molecular flexibility index (Phi) is 4.35. The fourth-order valence-corrected chi connectivity index (χ4v) is 3.50. The van der Waals surface area contributed by atoms with Crippen LogP contribution in [0.3, 0.4) is 0 Å². The Bertz CT molecular complexity index is 273. The van der Waals surface area contributed by atoms with Crippen molar-refractivity contribution in [2.75, 3.05) is 26.2 Å². The number of hydrogen-bond donors (Lipinski definition) is 1. The standard InChI is InChI=1S/C15H31N3/c1-12(2)9-18(13(3)4)15(10-16)7-8-17(11-15)14-5-6-14/h12-14H,5-11,16H2,1-4H3. The summed E-state index contributed by atoms with van der Waals surface area (Å²) >= 11 is 0. The summed E-state index contributed by atoms with van der Waals surface area (Å²) in [5, 5.41) is 0. The molecule has 2 rings (SSSR count). The number of hydrogen-bond acceptors (Lipinski definition) is 3. The van der Waals surface area contributed by atoms with Crippen LogP contribution in [0, 0.1) is 5.92 Å². The molecule has 1 saturated carbocycles. The summed E-state index contributed by atoms with van der Waals surface area (Å²) in [5.74, 6) is 0.714. The molecular weight excluding hydrogens is 222 g/mol. The third kappa shape index (κ3) is 2.89. The fraction of sp³-hybridized carbons (Fsp3) is 1.00. The zero-order valence-corrected chi connectivity index (χ0v) is 12.7. The van der Waals surface area contributed by atoms with Gasteiger partial charge in [-0.1, -0.05) is 13.8 Å². The third-order valence-electron chi connectivity index (χ3n) is 4.60. The van der Waals surface area contributed by atoms with Crippen molar-refractivity contribution < 1.29 is 0 Å². The van der Waals surface area contributed by atoms with E-state index >= 15 is 0 Å². The minimum Gasteiger partial charge on any atom is -0.329 e. The van der Waals surface area contributed by atoms with E-state index in [2.05, 4.69) is 37.5 Å². The van der Waals surface area contributed by atoms with Crippen molar-refractivity contribution in [3.8, 4) is 0 Å². The highest BCUT2D eigenvalue weighted by molar-refractivity contribution is 5.04. The molecule has 0 aromatic heterocycles. The van der Waals surface area contributed by atoms with Gasteiger partial charge in [0.1, 0.15) is 0 Å². The lowest BCUT2D eigenvalue weighted by molar-refractivity contribution is 0.0541. The highest BCUT2D eigenvalue weighted by Crippen LogP contribution is 2.36. The third-order valence-corrected chi connectivity index (χ3v) is 4.60. The molecule has 1 aliphatic heterocycles. The Morgan fingerprint density at radius 1 is 1.28 bits per heavy atom. The molecule has 2 aliphatic rings. The van der Waals surface area contributed by atoms with Gasteiger partial charge in [-0.3, -0.25) is 9.80 Å². The second-order valence-electron chi connectivity index (χ2n) is 7.02. The first kappa shape index (κ1) is 14.3. The van der Waals surface area contributed by atoms with Gasteiger partial charge >= 0.3 is 0 Å². The first-order chi connectivity index (χ1) is 8.48. The normalized spacial score (nSPS) is 30.0. The smallest absolute Gasteiger partial charge is 0.0473 e. The number of rotatable bonds is 6. The Labute approximate surface area is 113 Å². The molecular formula is C15H31N3. The summed E-state index contributed by atoms with van der Waals surface area (Å²) in [4.78, 5) is 5.36. The summed E-state index contributed by atoms with van der Waals surface area (Å²) in [5.41, 5.74) is 6.43. The number of nitrogens with two attached hydrogens (primary N) is 1. The molecule has 18 heavy (non-hydrogen) atoms. The van der Waals surface area contributed by atoms with Crippen LogP contribution in [-0.4, -0.2) is 53.6 Å². The molecule has 1 unspecified atom stereocenters. The molecule has 2 fully saturated rings. The van der Waals surface area contributed by atoms with E-state index in [0.717, 1.165) is 12.6 Å². The van der Waals surface area contributed by atoms with Gasteiger partial charge in [-0.05, 0) is 39.0 Å². The zero-order valence-electron chi connectivity index (χ0n) is 12.7. The molecule has 3 heteroatoms. The van der Waals surface area contributed by atoms with E-state index < -0.39 is 0 Å². The van der Waals surface area contributed by atoms with Crippen molar-refractivity contribution in [1.29, 1.82) is 0 Å². The van der Waals surface area contributed by atoms with Crippen molar-refractivity contribution in [2.45, 2.75) is 64.6 Å². The molecule has 1 saturated heterocycles. The number of likely N-dealkylation sites (tertiary alicyclic amines) is 1. The van der Waals surface area contributed by atoms with Gasteiger partial charge in [-0.25, -0.2) is 0 Å². The molecule has 0 spiro atoms. The van der Waals surface area contributed by atoms with Gasteiger partial charge in [-0.15, -0.1) is 0 Å². The van der Waals surface area contributed by atoms with Crippen LogP contribution in [-0.2, 0) is 0 Å². The van der Waals surface area contributed by atoms with E-state index in [1.165, 1.54) is 38.9 Å². The van der Waals surface area contributed by atoms with E-state index in [-0.39, 0.29) is 5.54 Å². The maximum atomic E-state index is 6.20. The molecule has 2 N–H and O–H groups in total. The van der Waals surface area contributed by atoms with E-state index in [1.807, 2.05) is 0 Å². The molecule has 1 heterocycles. The molecule has 0 amide bonds. The summed E-state index contributed by atoms with van der Waals surface area (Å²) in [7, 11) is 0. The van der Waals surface area contributed by atoms with Crippen LogP contribution >= 0.6 is 0 Å². The topological polar surface area (TPSA) is 32.5 Å². The van der Waals surface area contributed by atoms with Crippen LogP contribution in [0.25, 0.3) is 0 Å². The first-order valence-electron chi connectivity index (χ1n) is 7.69. The van der Waals surface area contributed by atoms with Crippen LogP contribution in [0.5, 0.6) is 0 Å². The number of nitrogens with zero attached hydrogens (tertiary/aromatic N) is 2. The van der Waals surface area contributed by atoms with E-state index in [0.29, 0.717) is 12.0 Å². The van der Waals surface area contributed by atoms with Crippen molar-refractivity contribution >= 4 is 0 Å². The van der Waals surface area contributed by atoms with E-state index in [1.54, 1.807) is 0 Å². The first-order valence-corrected chi connectivity index (χ1v) is 7.69. The van der Waals surface area contributed by atoms with Gasteiger partial charge in [0.2, 0.25) is 0 Å². The molecule has 1 aliphatic carbocycles. The lowest BCUT2D eigenvalue weighted by atomic mass is 9.93. The van der Waals surface area contributed by atoms with Gasteiger partial charge in [0.15, 0.2) is 0 Å². The summed E-state index contributed by atoms with van der Waals surface area (Å²) in [6.45, 7) is 13.7. The van der Waals surface area contributed by atoms with Gasteiger partial charge in [0.05, 0.1) is 0 Å².